The SMILES string of the molecule is CC1CCCC(Sc2nnc(Cl)c3ccccc23)C1. The summed E-state index contributed by atoms with van der Waals surface area (Å²) in [6, 6.07) is 8.13. The van der Waals surface area contributed by atoms with Crippen molar-refractivity contribution in [3.63, 3.8) is 0 Å². The Balaban J connectivity index is 1.90. The van der Waals surface area contributed by atoms with Crippen molar-refractivity contribution in [2.75, 3.05) is 0 Å². The highest BCUT2D eigenvalue weighted by atomic mass is 35.5. The fourth-order valence-electron chi connectivity index (χ4n) is 2.78. The predicted molar refractivity (Wildman–Crippen MR) is 81.8 cm³/mol. The number of halogens is 1. The molecule has 1 aliphatic carbocycles. The summed E-state index contributed by atoms with van der Waals surface area (Å²) in [5.41, 5.74) is 0. The highest BCUT2D eigenvalue weighted by Crippen LogP contribution is 2.38. The number of hydrogen-bond donors (Lipinski definition) is 0. The number of thioether (sulfide) groups is 1. The summed E-state index contributed by atoms with van der Waals surface area (Å²) in [6.07, 6.45) is 5.26. The van der Waals surface area contributed by atoms with Gasteiger partial charge in [-0.3, -0.25) is 0 Å². The van der Waals surface area contributed by atoms with Gasteiger partial charge in [0, 0.05) is 16.0 Å². The first-order valence-corrected chi connectivity index (χ1v) is 8.07. The van der Waals surface area contributed by atoms with Gasteiger partial charge in [-0.1, -0.05) is 55.6 Å². The average Bonchev–Trinajstić information content (AvgIpc) is 2.42. The maximum atomic E-state index is 6.11. The van der Waals surface area contributed by atoms with Gasteiger partial charge in [-0.15, -0.1) is 22.0 Å². The van der Waals surface area contributed by atoms with E-state index in [1.807, 2.05) is 30.0 Å². The van der Waals surface area contributed by atoms with E-state index in [1.165, 1.54) is 25.7 Å². The molecule has 1 saturated carbocycles. The molecule has 3 rings (SSSR count). The summed E-state index contributed by atoms with van der Waals surface area (Å²) in [7, 11) is 0. The van der Waals surface area contributed by atoms with E-state index < -0.39 is 0 Å². The molecule has 1 aromatic carbocycles. The van der Waals surface area contributed by atoms with Crippen molar-refractivity contribution in [2.45, 2.75) is 42.9 Å². The first kappa shape index (κ1) is 13.2. The van der Waals surface area contributed by atoms with Crippen molar-refractivity contribution in [2.24, 2.45) is 5.92 Å². The Labute approximate surface area is 122 Å². The minimum atomic E-state index is 0.497. The zero-order valence-electron chi connectivity index (χ0n) is 11.0. The first-order valence-electron chi connectivity index (χ1n) is 6.81. The van der Waals surface area contributed by atoms with Gasteiger partial charge in [0.2, 0.25) is 0 Å². The van der Waals surface area contributed by atoms with Crippen molar-refractivity contribution in [1.29, 1.82) is 0 Å². The van der Waals surface area contributed by atoms with Crippen LogP contribution in [0.5, 0.6) is 0 Å². The monoisotopic (exact) mass is 292 g/mol. The minimum absolute atomic E-state index is 0.497. The van der Waals surface area contributed by atoms with Gasteiger partial charge in [0.1, 0.15) is 5.03 Å². The van der Waals surface area contributed by atoms with Crippen LogP contribution in [-0.2, 0) is 0 Å². The van der Waals surface area contributed by atoms with Gasteiger partial charge in [0.05, 0.1) is 0 Å². The molecule has 1 heterocycles. The van der Waals surface area contributed by atoms with Crippen LogP contribution in [0, 0.1) is 5.92 Å². The predicted octanol–water partition coefficient (Wildman–Crippen LogP) is 4.95. The number of nitrogens with zero attached hydrogens (tertiary/aromatic N) is 2. The molecule has 19 heavy (non-hydrogen) atoms. The second kappa shape index (κ2) is 5.68. The highest BCUT2D eigenvalue weighted by molar-refractivity contribution is 8.00. The van der Waals surface area contributed by atoms with Crippen LogP contribution in [0.25, 0.3) is 10.8 Å². The van der Waals surface area contributed by atoms with E-state index in [0.29, 0.717) is 10.4 Å². The summed E-state index contributed by atoms with van der Waals surface area (Å²) in [6.45, 7) is 2.35. The topological polar surface area (TPSA) is 25.8 Å². The van der Waals surface area contributed by atoms with E-state index >= 15 is 0 Å². The Morgan fingerprint density at radius 3 is 2.74 bits per heavy atom. The second-order valence-corrected chi connectivity index (χ2v) is 7.00. The Morgan fingerprint density at radius 2 is 1.95 bits per heavy atom. The molecule has 1 aliphatic rings. The van der Waals surface area contributed by atoms with Gasteiger partial charge < -0.3 is 0 Å². The van der Waals surface area contributed by atoms with Crippen LogP contribution in [0.3, 0.4) is 0 Å². The molecule has 0 aliphatic heterocycles. The zero-order chi connectivity index (χ0) is 13.2. The van der Waals surface area contributed by atoms with Gasteiger partial charge in [0.25, 0.3) is 0 Å². The van der Waals surface area contributed by atoms with Crippen LogP contribution >= 0.6 is 23.4 Å². The third kappa shape index (κ3) is 2.87. The van der Waals surface area contributed by atoms with Crippen molar-refractivity contribution in [3.05, 3.63) is 29.4 Å². The Hall–Kier alpha value is -0.800. The Morgan fingerprint density at radius 1 is 1.16 bits per heavy atom. The largest absolute Gasteiger partial charge is 0.159 e. The minimum Gasteiger partial charge on any atom is -0.142 e. The molecule has 2 atom stereocenters. The van der Waals surface area contributed by atoms with Crippen LogP contribution in [0.15, 0.2) is 29.3 Å². The fourth-order valence-corrected chi connectivity index (χ4v) is 4.40. The molecule has 2 nitrogen and oxygen atoms in total. The van der Waals surface area contributed by atoms with Crippen molar-refractivity contribution < 1.29 is 0 Å². The van der Waals surface area contributed by atoms with Crippen molar-refractivity contribution >= 4 is 34.1 Å². The third-order valence-corrected chi connectivity index (χ3v) is 5.34. The summed E-state index contributed by atoms with van der Waals surface area (Å²) in [5.74, 6) is 0.831. The molecular formula is C15H17ClN2S. The van der Waals surface area contributed by atoms with E-state index in [9.17, 15) is 0 Å². The Bertz CT molecular complexity index is 587. The lowest BCUT2D eigenvalue weighted by Crippen LogP contribution is -2.15. The lowest BCUT2D eigenvalue weighted by molar-refractivity contribution is 0.394. The molecule has 4 heteroatoms. The molecule has 1 aromatic heterocycles. The van der Waals surface area contributed by atoms with Crippen molar-refractivity contribution in [3.8, 4) is 0 Å². The van der Waals surface area contributed by atoms with Gasteiger partial charge in [-0.2, -0.15) is 0 Å². The van der Waals surface area contributed by atoms with Gasteiger partial charge >= 0.3 is 0 Å². The molecule has 1 fully saturated rings. The Kier molecular flexibility index (Phi) is 3.94. The van der Waals surface area contributed by atoms with Gasteiger partial charge in [-0.05, 0) is 18.8 Å². The standard InChI is InChI=1S/C15H17ClN2S/c1-10-5-4-6-11(9-10)19-15-13-8-3-2-7-12(13)14(16)17-18-15/h2-3,7-8,10-11H,4-6,9H2,1H3. The third-order valence-electron chi connectivity index (χ3n) is 3.77. The van der Waals surface area contributed by atoms with Gasteiger partial charge in [0.15, 0.2) is 5.15 Å². The first-order chi connectivity index (χ1) is 9.24. The molecular weight excluding hydrogens is 276 g/mol. The lowest BCUT2D eigenvalue weighted by atomic mass is 9.91. The van der Waals surface area contributed by atoms with E-state index in [0.717, 1.165) is 21.7 Å². The maximum absolute atomic E-state index is 6.11. The number of aromatic nitrogens is 2. The van der Waals surface area contributed by atoms with Crippen molar-refractivity contribution in [1.82, 2.24) is 10.2 Å². The summed E-state index contributed by atoms with van der Waals surface area (Å²) in [4.78, 5) is 0. The summed E-state index contributed by atoms with van der Waals surface area (Å²) in [5, 5.41) is 12.7. The fraction of sp³-hybridized carbons (Fsp3) is 0.467. The van der Waals surface area contributed by atoms with E-state index in [-0.39, 0.29) is 0 Å². The molecule has 0 saturated heterocycles. The quantitative estimate of drug-likeness (QED) is 0.783. The normalized spacial score (nSPS) is 23.7. The smallest absolute Gasteiger partial charge is 0.142 e. The molecule has 0 N–H and O–H groups in total. The number of rotatable bonds is 2. The van der Waals surface area contributed by atoms with Crippen LogP contribution < -0.4 is 0 Å². The van der Waals surface area contributed by atoms with Crippen LogP contribution in [0.2, 0.25) is 5.15 Å². The van der Waals surface area contributed by atoms with Crippen LogP contribution in [-0.4, -0.2) is 15.4 Å². The van der Waals surface area contributed by atoms with E-state index in [2.05, 4.69) is 23.2 Å². The van der Waals surface area contributed by atoms with E-state index in [4.69, 9.17) is 11.6 Å². The number of benzene rings is 1. The lowest BCUT2D eigenvalue weighted by Gasteiger charge is -2.25. The number of fused-ring (bicyclic) bond motifs is 1. The molecule has 0 bridgehead atoms. The summed E-state index contributed by atoms with van der Waals surface area (Å²) < 4.78 is 0. The molecule has 0 radical (unpaired) electrons. The zero-order valence-corrected chi connectivity index (χ0v) is 12.5. The molecule has 100 valence electrons. The maximum Gasteiger partial charge on any atom is 0.159 e. The summed E-state index contributed by atoms with van der Waals surface area (Å²) >= 11 is 7.99. The molecule has 0 amide bonds. The second-order valence-electron chi connectivity index (χ2n) is 5.35. The van der Waals surface area contributed by atoms with E-state index in [1.54, 1.807) is 0 Å². The molecule has 2 unspecified atom stereocenters. The molecule has 0 spiro atoms. The van der Waals surface area contributed by atoms with Crippen LogP contribution in [0.1, 0.15) is 32.6 Å². The van der Waals surface area contributed by atoms with Gasteiger partial charge in [-0.25, -0.2) is 0 Å². The number of hydrogen-bond acceptors (Lipinski definition) is 3. The highest BCUT2D eigenvalue weighted by Gasteiger charge is 2.21. The molecule has 2 aromatic rings. The van der Waals surface area contributed by atoms with Crippen LogP contribution in [0.4, 0.5) is 0 Å². The average molecular weight is 293 g/mol.